The van der Waals surface area contributed by atoms with Crippen molar-refractivity contribution < 1.29 is 9.90 Å². The number of hydrogen-bond donors (Lipinski definition) is 1. The van der Waals surface area contributed by atoms with Crippen molar-refractivity contribution in [1.82, 2.24) is 0 Å². The summed E-state index contributed by atoms with van der Waals surface area (Å²) in [6.07, 6.45) is 18.2. The highest BCUT2D eigenvalue weighted by atomic mass is 16.3. The van der Waals surface area contributed by atoms with Gasteiger partial charge in [-0.25, -0.2) is 0 Å². The molecule has 2 aliphatic carbocycles. The van der Waals surface area contributed by atoms with Crippen LogP contribution < -0.4 is 0 Å². The predicted octanol–water partition coefficient (Wildman–Crippen LogP) is 5.72. The number of carbonyl (C=O) groups excluding carboxylic acids is 1. The zero-order valence-corrected chi connectivity index (χ0v) is 13.5. The molecule has 0 unspecified atom stereocenters. The monoisotopic (exact) mass is 292 g/mol. The van der Waals surface area contributed by atoms with E-state index in [2.05, 4.69) is 0 Å². The quantitative estimate of drug-likeness (QED) is 0.481. The second-order valence-corrected chi connectivity index (χ2v) is 7.19. The van der Waals surface area contributed by atoms with E-state index < -0.39 is 0 Å². The van der Waals surface area contributed by atoms with Crippen LogP contribution in [0.3, 0.4) is 0 Å². The van der Waals surface area contributed by atoms with E-state index in [1.807, 2.05) is 0 Å². The van der Waals surface area contributed by atoms with E-state index in [-0.39, 0.29) is 5.78 Å². The van der Waals surface area contributed by atoms with Gasteiger partial charge in [0.2, 0.25) is 0 Å². The first-order chi connectivity index (χ1) is 10.2. The Morgan fingerprint density at radius 1 is 0.810 bits per heavy atom. The standard InChI is InChI=1S/C19H32O2/c20-18(13-11-16-7-3-1-4-8-16)15-19(21)14-12-17-9-5-2-6-10-17/h15-17,20H,1-14H2/b18-15-. The summed E-state index contributed by atoms with van der Waals surface area (Å²) in [6.45, 7) is 0. The van der Waals surface area contributed by atoms with Crippen molar-refractivity contribution in [3.8, 4) is 0 Å². The number of aliphatic hydroxyl groups is 1. The lowest BCUT2D eigenvalue weighted by Gasteiger charge is -2.21. The molecule has 21 heavy (non-hydrogen) atoms. The van der Waals surface area contributed by atoms with Crippen molar-refractivity contribution in [3.05, 3.63) is 11.8 Å². The van der Waals surface area contributed by atoms with Crippen LogP contribution in [0.15, 0.2) is 11.8 Å². The second kappa shape index (κ2) is 9.27. The van der Waals surface area contributed by atoms with Crippen LogP contribution in [-0.2, 0) is 4.79 Å². The second-order valence-electron chi connectivity index (χ2n) is 7.19. The van der Waals surface area contributed by atoms with Gasteiger partial charge in [0, 0.05) is 18.9 Å². The summed E-state index contributed by atoms with van der Waals surface area (Å²) >= 11 is 0. The molecule has 0 saturated heterocycles. The molecule has 0 aliphatic heterocycles. The Kier molecular flexibility index (Phi) is 7.32. The maximum atomic E-state index is 11.9. The molecule has 0 heterocycles. The molecule has 1 N–H and O–H groups in total. The summed E-state index contributed by atoms with van der Waals surface area (Å²) in [4.78, 5) is 11.9. The van der Waals surface area contributed by atoms with Gasteiger partial charge in [0.25, 0.3) is 0 Å². The molecule has 0 bridgehead atoms. The van der Waals surface area contributed by atoms with Crippen molar-refractivity contribution in [2.45, 2.75) is 89.9 Å². The van der Waals surface area contributed by atoms with Gasteiger partial charge in [-0.2, -0.15) is 0 Å². The third kappa shape index (κ3) is 6.67. The van der Waals surface area contributed by atoms with Crippen LogP contribution in [-0.4, -0.2) is 10.9 Å². The maximum Gasteiger partial charge on any atom is 0.159 e. The lowest BCUT2D eigenvalue weighted by atomic mass is 9.85. The van der Waals surface area contributed by atoms with Crippen molar-refractivity contribution in [2.75, 3.05) is 0 Å². The fourth-order valence-corrected chi connectivity index (χ4v) is 3.98. The Balaban J connectivity index is 1.62. The summed E-state index contributed by atoms with van der Waals surface area (Å²) in [7, 11) is 0. The van der Waals surface area contributed by atoms with Gasteiger partial charge in [0.1, 0.15) is 0 Å². The minimum Gasteiger partial charge on any atom is -0.512 e. The van der Waals surface area contributed by atoms with Gasteiger partial charge in [0.05, 0.1) is 5.76 Å². The number of carbonyl (C=O) groups is 1. The highest BCUT2D eigenvalue weighted by Crippen LogP contribution is 2.29. The normalized spacial score (nSPS) is 22.4. The Morgan fingerprint density at radius 2 is 1.29 bits per heavy atom. The molecular weight excluding hydrogens is 260 g/mol. The van der Waals surface area contributed by atoms with E-state index in [9.17, 15) is 9.90 Å². The molecule has 0 aromatic rings. The number of hydrogen-bond acceptors (Lipinski definition) is 2. The van der Waals surface area contributed by atoms with Gasteiger partial charge in [-0.1, -0.05) is 64.2 Å². The van der Waals surface area contributed by atoms with Crippen molar-refractivity contribution in [3.63, 3.8) is 0 Å². The van der Waals surface area contributed by atoms with Crippen molar-refractivity contribution in [1.29, 1.82) is 0 Å². The molecule has 0 radical (unpaired) electrons. The van der Waals surface area contributed by atoms with Gasteiger partial charge in [-0.15, -0.1) is 0 Å². The minimum atomic E-state index is 0.127. The average Bonchev–Trinajstić information content (AvgIpc) is 2.53. The molecule has 2 nitrogen and oxygen atoms in total. The highest BCUT2D eigenvalue weighted by molar-refractivity contribution is 5.89. The molecular formula is C19H32O2. The van der Waals surface area contributed by atoms with Crippen LogP contribution in [0.25, 0.3) is 0 Å². The number of allylic oxidation sites excluding steroid dienone is 2. The van der Waals surface area contributed by atoms with E-state index in [0.717, 1.165) is 24.7 Å². The Labute approximate surface area is 130 Å². The summed E-state index contributed by atoms with van der Waals surface area (Å²) in [5.41, 5.74) is 0. The first kappa shape index (κ1) is 16.6. The molecule has 2 aliphatic rings. The predicted molar refractivity (Wildman–Crippen MR) is 87.3 cm³/mol. The lowest BCUT2D eigenvalue weighted by molar-refractivity contribution is -0.115. The van der Waals surface area contributed by atoms with Crippen LogP contribution in [0, 0.1) is 11.8 Å². The van der Waals surface area contributed by atoms with Gasteiger partial charge in [-0.3, -0.25) is 4.79 Å². The number of ketones is 1. The molecule has 2 heteroatoms. The fraction of sp³-hybridized carbons (Fsp3) is 0.842. The fourth-order valence-electron chi connectivity index (χ4n) is 3.98. The van der Waals surface area contributed by atoms with Crippen molar-refractivity contribution in [2.24, 2.45) is 11.8 Å². The zero-order valence-electron chi connectivity index (χ0n) is 13.5. The highest BCUT2D eigenvalue weighted by Gasteiger charge is 2.15. The van der Waals surface area contributed by atoms with Crippen LogP contribution in [0.4, 0.5) is 0 Å². The topological polar surface area (TPSA) is 37.3 Å². The zero-order chi connectivity index (χ0) is 14.9. The van der Waals surface area contributed by atoms with Crippen LogP contribution in [0.2, 0.25) is 0 Å². The number of rotatable bonds is 7. The molecule has 0 aromatic heterocycles. The third-order valence-corrected chi connectivity index (χ3v) is 5.38. The molecule has 0 amide bonds. The Bertz CT molecular complexity index is 333. The van der Waals surface area contributed by atoms with Gasteiger partial charge in [-0.05, 0) is 24.7 Å². The number of aliphatic hydroxyl groups excluding tert-OH is 1. The molecule has 0 atom stereocenters. The lowest BCUT2D eigenvalue weighted by Crippen LogP contribution is -2.09. The van der Waals surface area contributed by atoms with Gasteiger partial charge in [0.15, 0.2) is 5.78 Å². The smallest absolute Gasteiger partial charge is 0.159 e. The third-order valence-electron chi connectivity index (χ3n) is 5.38. The van der Waals surface area contributed by atoms with E-state index in [4.69, 9.17) is 0 Å². The summed E-state index contributed by atoms with van der Waals surface area (Å²) < 4.78 is 0. The molecule has 0 aromatic carbocycles. The SMILES string of the molecule is O=C(/C=C(\O)CCC1CCCCC1)CCC1CCCCC1. The molecule has 0 spiro atoms. The summed E-state index contributed by atoms with van der Waals surface area (Å²) in [6, 6.07) is 0. The van der Waals surface area contributed by atoms with Crippen LogP contribution in [0.1, 0.15) is 89.9 Å². The minimum absolute atomic E-state index is 0.127. The first-order valence-corrected chi connectivity index (χ1v) is 9.16. The summed E-state index contributed by atoms with van der Waals surface area (Å²) in [5.74, 6) is 1.96. The van der Waals surface area contributed by atoms with Crippen LogP contribution >= 0.6 is 0 Å². The largest absolute Gasteiger partial charge is 0.512 e. The van der Waals surface area contributed by atoms with Crippen molar-refractivity contribution >= 4 is 5.78 Å². The molecule has 2 fully saturated rings. The molecule has 120 valence electrons. The average molecular weight is 292 g/mol. The van der Waals surface area contributed by atoms with E-state index >= 15 is 0 Å². The van der Waals surface area contributed by atoms with Gasteiger partial charge >= 0.3 is 0 Å². The summed E-state index contributed by atoms with van der Waals surface area (Å²) in [5, 5.41) is 9.93. The van der Waals surface area contributed by atoms with E-state index in [1.54, 1.807) is 0 Å². The van der Waals surface area contributed by atoms with Gasteiger partial charge < -0.3 is 5.11 Å². The Hall–Kier alpha value is -0.790. The molecule has 2 rings (SSSR count). The first-order valence-electron chi connectivity index (χ1n) is 9.16. The maximum absolute atomic E-state index is 11.9. The van der Waals surface area contributed by atoms with E-state index in [1.165, 1.54) is 70.3 Å². The molecule has 2 saturated carbocycles. The Morgan fingerprint density at radius 3 is 1.81 bits per heavy atom. The van der Waals surface area contributed by atoms with E-state index in [0.29, 0.717) is 18.6 Å². The van der Waals surface area contributed by atoms with Crippen LogP contribution in [0.5, 0.6) is 0 Å².